The van der Waals surface area contributed by atoms with Gasteiger partial charge in [0.05, 0.1) is 16.9 Å². The summed E-state index contributed by atoms with van der Waals surface area (Å²) in [4.78, 5) is 15.7. The lowest BCUT2D eigenvalue weighted by Gasteiger charge is -2.35. The van der Waals surface area contributed by atoms with Crippen LogP contribution in [-0.4, -0.2) is 51.9 Å². The number of fused-ring (bicyclic) bond motifs is 1. The largest absolute Gasteiger partial charge is 0.369 e. The lowest BCUT2D eigenvalue weighted by Crippen LogP contribution is -2.48. The number of likely N-dealkylation sites (N-methyl/N-ethyl adjacent to an activating group) is 1. The Bertz CT molecular complexity index is 1080. The third-order valence-electron chi connectivity index (χ3n) is 5.37. The maximum atomic E-state index is 12.9. The van der Waals surface area contributed by atoms with Crippen LogP contribution in [0.2, 0.25) is 0 Å². The van der Waals surface area contributed by atoms with Gasteiger partial charge in [-0.3, -0.25) is 4.79 Å². The van der Waals surface area contributed by atoms with Crippen molar-refractivity contribution < 1.29 is 13.2 Å². The Hall–Kier alpha value is -2.89. The fourth-order valence-corrected chi connectivity index (χ4v) is 5.33. The summed E-state index contributed by atoms with van der Waals surface area (Å²) < 4.78 is 27.3. The van der Waals surface area contributed by atoms with Gasteiger partial charge in [0.2, 0.25) is 15.9 Å². The van der Waals surface area contributed by atoms with Gasteiger partial charge in [0.15, 0.2) is 0 Å². The van der Waals surface area contributed by atoms with Crippen LogP contribution >= 0.6 is 0 Å². The number of anilines is 2. The number of rotatable bonds is 3. The maximum absolute atomic E-state index is 12.9. The Morgan fingerprint density at radius 3 is 2.46 bits per heavy atom. The van der Waals surface area contributed by atoms with Gasteiger partial charge in [-0.15, -0.1) is 0 Å². The minimum Gasteiger partial charge on any atom is -0.369 e. The first-order chi connectivity index (χ1) is 13.4. The van der Waals surface area contributed by atoms with Gasteiger partial charge in [-0.05, 0) is 35.9 Å². The standard InChI is InChI=1S/C20H20N4O3S/c1-22-18-7-6-17(12-16(18)13-20(22)25)23-8-10-24(11-9-23)28(26,27)19-5-3-2-4-15(19)14-21/h2-7,12H,8-11,13H2,1H3. The second-order valence-electron chi connectivity index (χ2n) is 6.94. The van der Waals surface area contributed by atoms with E-state index in [-0.39, 0.29) is 16.4 Å². The number of amides is 1. The highest BCUT2D eigenvalue weighted by Gasteiger charge is 2.31. The minimum atomic E-state index is -3.70. The summed E-state index contributed by atoms with van der Waals surface area (Å²) in [6, 6.07) is 14.2. The van der Waals surface area contributed by atoms with Crippen LogP contribution in [0.15, 0.2) is 47.4 Å². The predicted molar refractivity (Wildman–Crippen MR) is 106 cm³/mol. The molecule has 2 aliphatic heterocycles. The summed E-state index contributed by atoms with van der Waals surface area (Å²) in [5.41, 5.74) is 3.10. The average molecular weight is 396 g/mol. The number of hydrogen-bond acceptors (Lipinski definition) is 5. The molecular formula is C20H20N4O3S. The Morgan fingerprint density at radius 2 is 1.75 bits per heavy atom. The summed E-state index contributed by atoms with van der Waals surface area (Å²) in [6.45, 7) is 1.79. The summed E-state index contributed by atoms with van der Waals surface area (Å²) >= 11 is 0. The molecule has 0 aliphatic carbocycles. The first-order valence-corrected chi connectivity index (χ1v) is 10.5. The van der Waals surface area contributed by atoms with Crippen LogP contribution in [0.4, 0.5) is 11.4 Å². The SMILES string of the molecule is CN1C(=O)Cc2cc(N3CCN(S(=O)(=O)c4ccccc4C#N)CC3)ccc21. The number of benzene rings is 2. The van der Waals surface area contributed by atoms with Crippen LogP contribution in [0.1, 0.15) is 11.1 Å². The number of carbonyl (C=O) groups excluding carboxylic acids is 1. The van der Waals surface area contributed by atoms with Gasteiger partial charge >= 0.3 is 0 Å². The van der Waals surface area contributed by atoms with Gasteiger partial charge in [0.25, 0.3) is 0 Å². The summed E-state index contributed by atoms with van der Waals surface area (Å²) in [5.74, 6) is 0.0826. The molecule has 2 aromatic carbocycles. The molecule has 0 atom stereocenters. The zero-order valence-electron chi connectivity index (χ0n) is 15.5. The van der Waals surface area contributed by atoms with E-state index in [1.165, 1.54) is 16.4 Å². The predicted octanol–water partition coefficient (Wildman–Crippen LogP) is 1.59. The maximum Gasteiger partial charge on any atom is 0.244 e. The molecule has 7 nitrogen and oxygen atoms in total. The van der Waals surface area contributed by atoms with E-state index >= 15 is 0 Å². The molecule has 144 valence electrons. The zero-order chi connectivity index (χ0) is 19.9. The zero-order valence-corrected chi connectivity index (χ0v) is 16.3. The Kier molecular flexibility index (Phi) is 4.57. The van der Waals surface area contributed by atoms with Crippen molar-refractivity contribution in [2.45, 2.75) is 11.3 Å². The highest BCUT2D eigenvalue weighted by atomic mass is 32.2. The fourth-order valence-electron chi connectivity index (χ4n) is 3.76. The number of nitrogens with zero attached hydrogens (tertiary/aromatic N) is 4. The number of nitriles is 1. The second kappa shape index (κ2) is 6.93. The van der Waals surface area contributed by atoms with E-state index in [1.54, 1.807) is 24.1 Å². The van der Waals surface area contributed by atoms with Crippen molar-refractivity contribution in [3.05, 3.63) is 53.6 Å². The first kappa shape index (κ1) is 18.5. The van der Waals surface area contributed by atoms with Crippen LogP contribution in [0.25, 0.3) is 0 Å². The van der Waals surface area contributed by atoms with Gasteiger partial charge in [0.1, 0.15) is 6.07 Å². The number of piperazine rings is 1. The molecule has 28 heavy (non-hydrogen) atoms. The van der Waals surface area contributed by atoms with E-state index in [4.69, 9.17) is 0 Å². The molecule has 1 saturated heterocycles. The average Bonchev–Trinajstić information content (AvgIpc) is 3.01. The molecule has 2 aliphatic rings. The van der Waals surface area contributed by atoms with E-state index in [0.29, 0.717) is 32.6 Å². The Balaban J connectivity index is 1.51. The number of carbonyl (C=O) groups is 1. The molecule has 0 bridgehead atoms. The second-order valence-corrected chi connectivity index (χ2v) is 8.85. The minimum absolute atomic E-state index is 0.0602. The molecule has 0 radical (unpaired) electrons. The summed E-state index contributed by atoms with van der Waals surface area (Å²) in [5, 5.41) is 9.22. The third kappa shape index (κ3) is 3.03. The van der Waals surface area contributed by atoms with Gasteiger partial charge in [-0.1, -0.05) is 12.1 Å². The van der Waals surface area contributed by atoms with E-state index in [1.807, 2.05) is 24.3 Å². The highest BCUT2D eigenvalue weighted by Crippen LogP contribution is 2.32. The lowest BCUT2D eigenvalue weighted by atomic mass is 10.1. The van der Waals surface area contributed by atoms with E-state index in [9.17, 15) is 18.5 Å². The molecule has 0 N–H and O–H groups in total. The normalized spacial score (nSPS) is 17.5. The molecule has 0 spiro atoms. The van der Waals surface area contributed by atoms with Crippen LogP contribution in [0.3, 0.4) is 0 Å². The number of sulfonamides is 1. The molecule has 2 aromatic rings. The van der Waals surface area contributed by atoms with Crippen LogP contribution in [0, 0.1) is 11.3 Å². The third-order valence-corrected chi connectivity index (χ3v) is 7.33. The molecular weight excluding hydrogens is 376 g/mol. The van der Waals surface area contributed by atoms with Crippen LogP contribution in [-0.2, 0) is 21.2 Å². The first-order valence-electron chi connectivity index (χ1n) is 9.05. The molecule has 1 amide bonds. The van der Waals surface area contributed by atoms with Crippen molar-refractivity contribution in [1.82, 2.24) is 4.31 Å². The fraction of sp³-hybridized carbons (Fsp3) is 0.300. The van der Waals surface area contributed by atoms with E-state index < -0.39 is 10.0 Å². The van der Waals surface area contributed by atoms with Gasteiger partial charge in [0, 0.05) is 44.6 Å². The van der Waals surface area contributed by atoms with E-state index in [0.717, 1.165) is 16.9 Å². The molecule has 0 aromatic heterocycles. The van der Waals surface area contributed by atoms with Crippen molar-refractivity contribution in [1.29, 1.82) is 5.26 Å². The van der Waals surface area contributed by atoms with Gasteiger partial charge in [-0.2, -0.15) is 9.57 Å². The molecule has 0 saturated carbocycles. The van der Waals surface area contributed by atoms with Crippen LogP contribution < -0.4 is 9.80 Å². The molecule has 2 heterocycles. The molecule has 8 heteroatoms. The summed E-state index contributed by atoms with van der Waals surface area (Å²) in [7, 11) is -1.93. The van der Waals surface area contributed by atoms with Gasteiger partial charge in [-0.25, -0.2) is 8.42 Å². The van der Waals surface area contributed by atoms with Crippen molar-refractivity contribution in [2.24, 2.45) is 0 Å². The molecule has 1 fully saturated rings. The quantitative estimate of drug-likeness (QED) is 0.787. The Labute approximate surface area is 164 Å². The van der Waals surface area contributed by atoms with Crippen LogP contribution in [0.5, 0.6) is 0 Å². The van der Waals surface area contributed by atoms with E-state index in [2.05, 4.69) is 4.90 Å². The molecule has 4 rings (SSSR count). The smallest absolute Gasteiger partial charge is 0.244 e. The topological polar surface area (TPSA) is 84.7 Å². The number of hydrogen-bond donors (Lipinski definition) is 0. The summed E-state index contributed by atoms with van der Waals surface area (Å²) in [6.07, 6.45) is 0.402. The van der Waals surface area contributed by atoms with Crippen molar-refractivity contribution in [2.75, 3.05) is 43.0 Å². The monoisotopic (exact) mass is 396 g/mol. The molecule has 0 unspecified atom stereocenters. The Morgan fingerprint density at radius 1 is 1.04 bits per heavy atom. The highest BCUT2D eigenvalue weighted by molar-refractivity contribution is 7.89. The lowest BCUT2D eigenvalue weighted by molar-refractivity contribution is -0.117. The van der Waals surface area contributed by atoms with Gasteiger partial charge < -0.3 is 9.80 Å². The van der Waals surface area contributed by atoms with Crippen molar-refractivity contribution in [3.63, 3.8) is 0 Å². The van der Waals surface area contributed by atoms with Crippen molar-refractivity contribution >= 4 is 27.3 Å². The van der Waals surface area contributed by atoms with Crippen molar-refractivity contribution in [3.8, 4) is 6.07 Å².